The standard InChI is InChI=1S/C15H14N2O2/c16-17-15(19)13-7-3-1-5-11(13)9-10-12-6-2-4-8-14(12)18/h1-10,18H,16H2,(H,17,19). The molecule has 0 saturated carbocycles. The molecule has 0 unspecified atom stereocenters. The minimum atomic E-state index is -0.350. The summed E-state index contributed by atoms with van der Waals surface area (Å²) < 4.78 is 0. The number of carbonyl (C=O) groups excluding carboxylic acids is 1. The Morgan fingerprint density at radius 3 is 2.26 bits per heavy atom. The van der Waals surface area contributed by atoms with Gasteiger partial charge in [0.25, 0.3) is 5.91 Å². The van der Waals surface area contributed by atoms with E-state index in [9.17, 15) is 9.90 Å². The van der Waals surface area contributed by atoms with Crippen molar-refractivity contribution in [3.8, 4) is 5.75 Å². The van der Waals surface area contributed by atoms with Crippen LogP contribution in [0.15, 0.2) is 48.5 Å². The van der Waals surface area contributed by atoms with Crippen LogP contribution in [0.25, 0.3) is 12.2 Å². The van der Waals surface area contributed by atoms with E-state index in [-0.39, 0.29) is 11.7 Å². The zero-order valence-corrected chi connectivity index (χ0v) is 10.2. The van der Waals surface area contributed by atoms with Crippen molar-refractivity contribution in [1.29, 1.82) is 0 Å². The number of hydrogen-bond acceptors (Lipinski definition) is 3. The number of phenolic OH excluding ortho intramolecular Hbond substituents is 1. The van der Waals surface area contributed by atoms with Crippen LogP contribution in [0.1, 0.15) is 21.5 Å². The second-order valence-corrected chi connectivity index (χ2v) is 3.95. The first-order valence-corrected chi connectivity index (χ1v) is 5.78. The number of hydrazine groups is 1. The van der Waals surface area contributed by atoms with E-state index in [1.807, 2.05) is 12.1 Å². The van der Waals surface area contributed by atoms with Gasteiger partial charge in [0.05, 0.1) is 0 Å². The Morgan fingerprint density at radius 2 is 1.58 bits per heavy atom. The van der Waals surface area contributed by atoms with Gasteiger partial charge in [0.15, 0.2) is 0 Å². The molecule has 0 saturated heterocycles. The Morgan fingerprint density at radius 1 is 1.00 bits per heavy atom. The molecule has 0 fully saturated rings. The molecule has 4 heteroatoms. The van der Waals surface area contributed by atoms with E-state index in [0.29, 0.717) is 11.1 Å². The van der Waals surface area contributed by atoms with Gasteiger partial charge in [0, 0.05) is 11.1 Å². The highest BCUT2D eigenvalue weighted by atomic mass is 16.3. The molecule has 2 aromatic rings. The molecule has 0 heterocycles. The summed E-state index contributed by atoms with van der Waals surface area (Å²) in [5, 5.41) is 9.66. The highest BCUT2D eigenvalue weighted by Crippen LogP contribution is 2.19. The molecule has 0 aliphatic carbocycles. The van der Waals surface area contributed by atoms with Crippen LogP contribution in [0.2, 0.25) is 0 Å². The Bertz CT molecular complexity index is 621. The van der Waals surface area contributed by atoms with E-state index in [2.05, 4.69) is 5.43 Å². The number of nitrogen functional groups attached to an aromatic ring is 1. The van der Waals surface area contributed by atoms with E-state index in [1.165, 1.54) is 0 Å². The summed E-state index contributed by atoms with van der Waals surface area (Å²) in [6.45, 7) is 0. The van der Waals surface area contributed by atoms with E-state index in [0.717, 1.165) is 5.56 Å². The fraction of sp³-hybridized carbons (Fsp3) is 0. The number of para-hydroxylation sites is 1. The first-order chi connectivity index (χ1) is 9.22. The topological polar surface area (TPSA) is 75.3 Å². The quantitative estimate of drug-likeness (QED) is 0.340. The summed E-state index contributed by atoms with van der Waals surface area (Å²) in [6, 6.07) is 14.1. The Kier molecular flexibility index (Phi) is 3.95. The highest BCUT2D eigenvalue weighted by molar-refractivity contribution is 5.98. The molecule has 0 bridgehead atoms. The molecule has 19 heavy (non-hydrogen) atoms. The second-order valence-electron chi connectivity index (χ2n) is 3.95. The summed E-state index contributed by atoms with van der Waals surface area (Å²) in [7, 11) is 0. The predicted octanol–water partition coefficient (Wildman–Crippen LogP) is 2.17. The van der Waals surface area contributed by atoms with Crippen molar-refractivity contribution in [3.63, 3.8) is 0 Å². The largest absolute Gasteiger partial charge is 0.507 e. The first kappa shape index (κ1) is 12.9. The van der Waals surface area contributed by atoms with Crippen LogP contribution < -0.4 is 11.3 Å². The van der Waals surface area contributed by atoms with Gasteiger partial charge in [-0.15, -0.1) is 0 Å². The average molecular weight is 254 g/mol. The van der Waals surface area contributed by atoms with Crippen molar-refractivity contribution in [2.75, 3.05) is 0 Å². The lowest BCUT2D eigenvalue weighted by Gasteiger charge is -2.04. The van der Waals surface area contributed by atoms with Crippen LogP contribution in [-0.2, 0) is 0 Å². The minimum Gasteiger partial charge on any atom is -0.507 e. The van der Waals surface area contributed by atoms with Crippen molar-refractivity contribution >= 4 is 18.1 Å². The van der Waals surface area contributed by atoms with Crippen LogP contribution in [0.5, 0.6) is 5.75 Å². The summed E-state index contributed by atoms with van der Waals surface area (Å²) in [4.78, 5) is 11.6. The lowest BCUT2D eigenvalue weighted by Crippen LogP contribution is -2.30. The van der Waals surface area contributed by atoms with Crippen molar-refractivity contribution in [1.82, 2.24) is 5.43 Å². The van der Waals surface area contributed by atoms with Crippen LogP contribution in [0, 0.1) is 0 Å². The molecule has 4 N–H and O–H groups in total. The lowest BCUT2D eigenvalue weighted by atomic mass is 10.1. The molecule has 2 aromatic carbocycles. The number of amides is 1. The number of benzene rings is 2. The van der Waals surface area contributed by atoms with Gasteiger partial charge in [-0.1, -0.05) is 48.6 Å². The number of nitrogens with one attached hydrogen (secondary N) is 1. The third-order valence-corrected chi connectivity index (χ3v) is 2.72. The maximum atomic E-state index is 11.6. The molecule has 0 aliphatic rings. The van der Waals surface area contributed by atoms with Crippen LogP contribution >= 0.6 is 0 Å². The first-order valence-electron chi connectivity index (χ1n) is 5.78. The van der Waals surface area contributed by atoms with E-state index in [4.69, 9.17) is 5.84 Å². The van der Waals surface area contributed by atoms with Crippen molar-refractivity contribution in [3.05, 3.63) is 65.2 Å². The minimum absolute atomic E-state index is 0.194. The fourth-order valence-electron chi connectivity index (χ4n) is 1.73. The summed E-state index contributed by atoms with van der Waals surface area (Å²) in [5.74, 6) is 4.99. The number of phenols is 1. The number of rotatable bonds is 3. The van der Waals surface area contributed by atoms with E-state index >= 15 is 0 Å². The Balaban J connectivity index is 2.34. The van der Waals surface area contributed by atoms with Gasteiger partial charge in [-0.05, 0) is 17.7 Å². The van der Waals surface area contributed by atoms with Crippen LogP contribution in [-0.4, -0.2) is 11.0 Å². The van der Waals surface area contributed by atoms with Crippen LogP contribution in [0.4, 0.5) is 0 Å². The molecule has 0 spiro atoms. The van der Waals surface area contributed by atoms with Crippen molar-refractivity contribution in [2.24, 2.45) is 5.84 Å². The van der Waals surface area contributed by atoms with Crippen molar-refractivity contribution in [2.45, 2.75) is 0 Å². The predicted molar refractivity (Wildman–Crippen MR) is 75.1 cm³/mol. The van der Waals surface area contributed by atoms with Gasteiger partial charge < -0.3 is 5.11 Å². The van der Waals surface area contributed by atoms with Gasteiger partial charge in [0.2, 0.25) is 0 Å². The average Bonchev–Trinajstić information content (AvgIpc) is 2.46. The monoisotopic (exact) mass is 254 g/mol. The number of hydrogen-bond donors (Lipinski definition) is 3. The smallest absolute Gasteiger partial charge is 0.265 e. The number of aromatic hydroxyl groups is 1. The maximum absolute atomic E-state index is 11.6. The third kappa shape index (κ3) is 3.00. The summed E-state index contributed by atoms with van der Waals surface area (Å²) in [6.07, 6.45) is 3.51. The van der Waals surface area contributed by atoms with Crippen molar-refractivity contribution < 1.29 is 9.90 Å². The molecule has 0 atom stereocenters. The van der Waals surface area contributed by atoms with E-state index < -0.39 is 0 Å². The molecule has 0 radical (unpaired) electrons. The van der Waals surface area contributed by atoms with Gasteiger partial charge in [-0.25, -0.2) is 5.84 Å². The Hall–Kier alpha value is -2.59. The van der Waals surface area contributed by atoms with Gasteiger partial charge in [0.1, 0.15) is 5.75 Å². The molecular weight excluding hydrogens is 240 g/mol. The Labute approximate surface area is 111 Å². The van der Waals surface area contributed by atoms with Gasteiger partial charge >= 0.3 is 0 Å². The fourth-order valence-corrected chi connectivity index (χ4v) is 1.73. The zero-order chi connectivity index (χ0) is 13.7. The maximum Gasteiger partial charge on any atom is 0.265 e. The van der Waals surface area contributed by atoms with Gasteiger partial charge in [-0.2, -0.15) is 0 Å². The molecule has 96 valence electrons. The second kappa shape index (κ2) is 5.84. The third-order valence-electron chi connectivity index (χ3n) is 2.72. The number of nitrogens with two attached hydrogens (primary N) is 1. The zero-order valence-electron chi connectivity index (χ0n) is 10.2. The molecule has 2 rings (SSSR count). The normalized spacial score (nSPS) is 10.6. The number of carbonyl (C=O) groups is 1. The molecule has 4 nitrogen and oxygen atoms in total. The molecular formula is C15H14N2O2. The molecule has 0 aliphatic heterocycles. The van der Waals surface area contributed by atoms with Crippen LogP contribution in [0.3, 0.4) is 0 Å². The molecule has 1 amide bonds. The molecule has 0 aromatic heterocycles. The lowest BCUT2D eigenvalue weighted by molar-refractivity contribution is 0.0953. The summed E-state index contributed by atoms with van der Waals surface area (Å²) >= 11 is 0. The SMILES string of the molecule is NNC(=O)c1ccccc1C=Cc1ccccc1O. The van der Waals surface area contributed by atoms with E-state index in [1.54, 1.807) is 48.6 Å². The summed E-state index contributed by atoms with van der Waals surface area (Å²) in [5.41, 5.74) is 4.01. The van der Waals surface area contributed by atoms with Gasteiger partial charge in [-0.3, -0.25) is 10.2 Å². The highest BCUT2D eigenvalue weighted by Gasteiger charge is 2.06.